The average Bonchev–Trinajstić information content (AvgIpc) is 2.92. The number of hydrogen-bond donors (Lipinski definition) is 2. The van der Waals surface area contributed by atoms with Crippen LogP contribution in [0.3, 0.4) is 0 Å². The van der Waals surface area contributed by atoms with E-state index < -0.39 is 0 Å². The fourth-order valence-corrected chi connectivity index (χ4v) is 2.90. The van der Waals surface area contributed by atoms with Crippen LogP contribution in [0.5, 0.6) is 0 Å². The lowest BCUT2D eigenvalue weighted by Gasteiger charge is -2.06. The Morgan fingerprint density at radius 1 is 1.56 bits per heavy atom. The molecule has 94 valence electrons. The van der Waals surface area contributed by atoms with Gasteiger partial charge < -0.3 is 10.6 Å². The van der Waals surface area contributed by atoms with E-state index in [0.29, 0.717) is 12.6 Å². The predicted octanol–water partition coefficient (Wildman–Crippen LogP) is 2.39. The first-order valence-electron chi connectivity index (χ1n) is 5.80. The van der Waals surface area contributed by atoms with E-state index >= 15 is 0 Å². The lowest BCUT2D eigenvalue weighted by Crippen LogP contribution is -2.37. The molecule has 6 heteroatoms. The third kappa shape index (κ3) is 2.42. The molecule has 1 aliphatic rings. The van der Waals surface area contributed by atoms with Crippen LogP contribution in [0.4, 0.5) is 0 Å². The fourth-order valence-electron chi connectivity index (χ4n) is 1.84. The van der Waals surface area contributed by atoms with Crippen molar-refractivity contribution < 1.29 is 0 Å². The van der Waals surface area contributed by atoms with Gasteiger partial charge in [-0.15, -0.1) is 11.3 Å². The van der Waals surface area contributed by atoms with Gasteiger partial charge in [0.15, 0.2) is 5.96 Å². The Balaban J connectivity index is 1.71. The van der Waals surface area contributed by atoms with Crippen molar-refractivity contribution in [1.82, 2.24) is 15.6 Å². The molecule has 2 aromatic rings. The highest BCUT2D eigenvalue weighted by Gasteiger charge is 2.12. The molecular formula is C12H13ClN4S. The highest BCUT2D eigenvalue weighted by molar-refractivity contribution is 7.18. The number of fused-ring (bicyclic) bond motifs is 1. The number of rotatable bonds is 2. The minimum Gasteiger partial charge on any atom is -0.352 e. The van der Waals surface area contributed by atoms with Gasteiger partial charge in [-0.25, -0.2) is 4.98 Å². The molecule has 1 atom stereocenters. The highest BCUT2D eigenvalue weighted by atomic mass is 35.5. The number of aromatic nitrogens is 1. The molecule has 0 saturated carbocycles. The van der Waals surface area contributed by atoms with Crippen molar-refractivity contribution in [2.45, 2.75) is 19.5 Å². The van der Waals surface area contributed by atoms with Gasteiger partial charge in [0.2, 0.25) is 0 Å². The first-order valence-corrected chi connectivity index (χ1v) is 7.00. The molecule has 4 nitrogen and oxygen atoms in total. The number of guanidine groups is 1. The summed E-state index contributed by atoms with van der Waals surface area (Å²) < 4.78 is 1.16. The normalized spacial score (nSPS) is 18.8. The number of nitrogens with zero attached hydrogens (tertiary/aromatic N) is 2. The van der Waals surface area contributed by atoms with Crippen LogP contribution in [0.2, 0.25) is 5.02 Å². The number of thiazole rings is 1. The van der Waals surface area contributed by atoms with Crippen molar-refractivity contribution in [3.05, 3.63) is 28.2 Å². The van der Waals surface area contributed by atoms with Gasteiger partial charge in [0, 0.05) is 11.1 Å². The van der Waals surface area contributed by atoms with Crippen LogP contribution < -0.4 is 10.6 Å². The summed E-state index contributed by atoms with van der Waals surface area (Å²) in [6.07, 6.45) is 0. The van der Waals surface area contributed by atoms with Gasteiger partial charge in [-0.05, 0) is 25.1 Å². The largest absolute Gasteiger partial charge is 0.352 e. The molecule has 0 saturated heterocycles. The molecule has 1 aromatic carbocycles. The SMILES string of the molecule is CC1CN=C(NCc2nc3cc(Cl)ccc3s2)N1. The van der Waals surface area contributed by atoms with E-state index in [0.717, 1.165) is 32.8 Å². The van der Waals surface area contributed by atoms with Crippen LogP contribution in [0.15, 0.2) is 23.2 Å². The topological polar surface area (TPSA) is 49.3 Å². The Kier molecular flexibility index (Phi) is 3.09. The second-order valence-electron chi connectivity index (χ2n) is 4.31. The van der Waals surface area contributed by atoms with Crippen LogP contribution in [0.25, 0.3) is 10.2 Å². The Morgan fingerprint density at radius 2 is 2.44 bits per heavy atom. The van der Waals surface area contributed by atoms with Gasteiger partial charge in [0.05, 0.1) is 23.3 Å². The van der Waals surface area contributed by atoms with Gasteiger partial charge in [0.25, 0.3) is 0 Å². The minimum atomic E-state index is 0.418. The number of aliphatic imine (C=N–C) groups is 1. The summed E-state index contributed by atoms with van der Waals surface area (Å²) in [5.74, 6) is 0.861. The molecular weight excluding hydrogens is 268 g/mol. The predicted molar refractivity (Wildman–Crippen MR) is 76.4 cm³/mol. The van der Waals surface area contributed by atoms with Crippen LogP contribution in [0, 0.1) is 0 Å². The van der Waals surface area contributed by atoms with Crippen molar-refractivity contribution in [3.8, 4) is 0 Å². The molecule has 0 amide bonds. The first kappa shape index (κ1) is 11.7. The molecule has 1 unspecified atom stereocenters. The molecule has 1 aromatic heterocycles. The Bertz CT molecular complexity index is 607. The maximum Gasteiger partial charge on any atom is 0.191 e. The lowest BCUT2D eigenvalue weighted by atomic mass is 10.3. The Morgan fingerprint density at radius 3 is 3.22 bits per heavy atom. The van der Waals surface area contributed by atoms with Crippen molar-refractivity contribution >= 4 is 39.1 Å². The van der Waals surface area contributed by atoms with Crippen LogP contribution >= 0.6 is 22.9 Å². The summed E-state index contributed by atoms with van der Waals surface area (Å²) >= 11 is 7.62. The first-order chi connectivity index (χ1) is 8.70. The molecule has 0 radical (unpaired) electrons. The molecule has 0 spiro atoms. The zero-order valence-corrected chi connectivity index (χ0v) is 11.5. The zero-order chi connectivity index (χ0) is 12.5. The molecule has 0 bridgehead atoms. The summed E-state index contributed by atoms with van der Waals surface area (Å²) in [5.41, 5.74) is 0.957. The van der Waals surface area contributed by atoms with E-state index in [1.165, 1.54) is 0 Å². The maximum atomic E-state index is 5.94. The Hall–Kier alpha value is -1.33. The van der Waals surface area contributed by atoms with E-state index in [1.807, 2.05) is 18.2 Å². The maximum absolute atomic E-state index is 5.94. The quantitative estimate of drug-likeness (QED) is 0.888. The third-order valence-electron chi connectivity index (χ3n) is 2.71. The van der Waals surface area contributed by atoms with Crippen molar-refractivity contribution in [3.63, 3.8) is 0 Å². The van der Waals surface area contributed by atoms with Gasteiger partial charge >= 0.3 is 0 Å². The van der Waals surface area contributed by atoms with E-state index in [2.05, 4.69) is 27.5 Å². The summed E-state index contributed by atoms with van der Waals surface area (Å²) in [6.45, 7) is 3.63. The number of hydrogen-bond acceptors (Lipinski definition) is 5. The zero-order valence-electron chi connectivity index (χ0n) is 9.90. The molecule has 18 heavy (non-hydrogen) atoms. The molecule has 0 aliphatic carbocycles. The van der Waals surface area contributed by atoms with Crippen molar-refractivity contribution in [1.29, 1.82) is 0 Å². The van der Waals surface area contributed by atoms with Gasteiger partial charge in [-0.1, -0.05) is 11.6 Å². The van der Waals surface area contributed by atoms with E-state index in [9.17, 15) is 0 Å². The van der Waals surface area contributed by atoms with E-state index in [-0.39, 0.29) is 0 Å². The monoisotopic (exact) mass is 280 g/mol. The molecule has 0 fully saturated rings. The van der Waals surface area contributed by atoms with Gasteiger partial charge in [-0.3, -0.25) is 4.99 Å². The van der Waals surface area contributed by atoms with Crippen molar-refractivity contribution in [2.75, 3.05) is 6.54 Å². The summed E-state index contributed by atoms with van der Waals surface area (Å²) in [5, 5.41) is 8.28. The second kappa shape index (κ2) is 4.74. The average molecular weight is 281 g/mol. The summed E-state index contributed by atoms with van der Waals surface area (Å²) in [7, 11) is 0. The number of benzene rings is 1. The van der Waals surface area contributed by atoms with Crippen molar-refractivity contribution in [2.24, 2.45) is 4.99 Å². The fraction of sp³-hybridized carbons (Fsp3) is 0.333. The molecule has 1 aliphatic heterocycles. The van der Waals surface area contributed by atoms with Crippen LogP contribution in [-0.2, 0) is 6.54 Å². The van der Waals surface area contributed by atoms with E-state index in [4.69, 9.17) is 11.6 Å². The highest BCUT2D eigenvalue weighted by Crippen LogP contribution is 2.24. The van der Waals surface area contributed by atoms with Crippen LogP contribution in [-0.4, -0.2) is 23.5 Å². The standard InChI is InChI=1S/C12H13ClN4S/c1-7-5-14-12(16-7)15-6-11-17-9-4-8(13)2-3-10(9)18-11/h2-4,7H,5-6H2,1H3,(H2,14,15,16). The van der Waals surface area contributed by atoms with Gasteiger partial charge in [0.1, 0.15) is 5.01 Å². The molecule has 2 heterocycles. The third-order valence-corrected chi connectivity index (χ3v) is 3.98. The smallest absolute Gasteiger partial charge is 0.191 e. The number of halogens is 1. The van der Waals surface area contributed by atoms with Gasteiger partial charge in [-0.2, -0.15) is 0 Å². The summed E-state index contributed by atoms with van der Waals surface area (Å²) in [4.78, 5) is 8.89. The summed E-state index contributed by atoms with van der Waals surface area (Å²) in [6, 6.07) is 6.21. The minimum absolute atomic E-state index is 0.418. The van der Waals surface area contributed by atoms with E-state index in [1.54, 1.807) is 11.3 Å². The Labute approximate surface area is 114 Å². The van der Waals surface area contributed by atoms with Crippen LogP contribution in [0.1, 0.15) is 11.9 Å². The second-order valence-corrected chi connectivity index (χ2v) is 5.86. The molecule has 2 N–H and O–H groups in total. The molecule has 3 rings (SSSR count). The lowest BCUT2D eigenvalue weighted by molar-refractivity contribution is 0.713. The number of nitrogens with one attached hydrogen (secondary N) is 2.